The van der Waals surface area contributed by atoms with Gasteiger partial charge in [0, 0.05) is 11.3 Å². The van der Waals surface area contributed by atoms with Gasteiger partial charge in [-0.3, -0.25) is 10.1 Å². The fourth-order valence-electron chi connectivity index (χ4n) is 1.09. The Morgan fingerprint density at radius 2 is 2.53 bits per heavy atom. The summed E-state index contributed by atoms with van der Waals surface area (Å²) in [5.41, 5.74) is 0. The van der Waals surface area contributed by atoms with Crippen molar-refractivity contribution in [2.24, 2.45) is 0 Å². The fourth-order valence-corrected chi connectivity index (χ4v) is 1.09. The van der Waals surface area contributed by atoms with Crippen LogP contribution in [0.3, 0.4) is 0 Å². The van der Waals surface area contributed by atoms with Crippen LogP contribution >= 0.6 is 0 Å². The highest BCUT2D eigenvalue weighted by molar-refractivity contribution is 5.02. The Labute approximate surface area is 87.2 Å². The minimum atomic E-state index is -0.664. The van der Waals surface area contributed by atoms with Crippen molar-refractivity contribution >= 4 is 0 Å². The summed E-state index contributed by atoms with van der Waals surface area (Å²) < 4.78 is 10.3. The number of terminal acetylenes is 1. The van der Waals surface area contributed by atoms with Crippen LogP contribution in [-0.2, 0) is 4.74 Å². The summed E-state index contributed by atoms with van der Waals surface area (Å²) in [5.74, 6) is 2.84. The van der Waals surface area contributed by atoms with Gasteiger partial charge < -0.3 is 9.15 Å². The number of ether oxygens (including phenoxy) is 1. The highest BCUT2D eigenvalue weighted by Gasteiger charge is 2.20. The average molecular weight is 209 g/mol. The second kappa shape index (κ2) is 5.83. The summed E-state index contributed by atoms with van der Waals surface area (Å²) in [5, 5.41) is 10.4. The van der Waals surface area contributed by atoms with E-state index in [9.17, 15) is 10.1 Å². The van der Waals surface area contributed by atoms with Crippen LogP contribution in [0.4, 0.5) is 0 Å². The van der Waals surface area contributed by atoms with Crippen molar-refractivity contribution in [3.8, 4) is 12.3 Å². The smallest absolute Gasteiger partial charge is 0.236 e. The summed E-state index contributed by atoms with van der Waals surface area (Å²) in [6.45, 7) is -0.0339. The molecule has 0 bridgehead atoms. The third kappa shape index (κ3) is 3.83. The van der Waals surface area contributed by atoms with Crippen molar-refractivity contribution in [1.82, 2.24) is 0 Å². The van der Waals surface area contributed by atoms with Crippen LogP contribution in [0.1, 0.15) is 18.3 Å². The zero-order chi connectivity index (χ0) is 11.1. The summed E-state index contributed by atoms with van der Waals surface area (Å²) in [6.07, 6.45) is 6.26. The minimum absolute atomic E-state index is 0.287. The number of hydrogen-bond acceptors (Lipinski definition) is 4. The van der Waals surface area contributed by atoms with Gasteiger partial charge in [0.25, 0.3) is 0 Å². The van der Waals surface area contributed by atoms with Gasteiger partial charge in [-0.25, -0.2) is 0 Å². The molecule has 0 aliphatic heterocycles. The Balaban J connectivity index is 2.54. The van der Waals surface area contributed by atoms with Crippen molar-refractivity contribution in [3.05, 3.63) is 34.3 Å². The molecule has 0 aromatic carbocycles. The topological polar surface area (TPSA) is 65.5 Å². The molecule has 1 atom stereocenters. The average Bonchev–Trinajstić information content (AvgIpc) is 2.68. The normalized spacial score (nSPS) is 11.9. The van der Waals surface area contributed by atoms with Gasteiger partial charge in [-0.2, -0.15) is 0 Å². The lowest BCUT2D eigenvalue weighted by atomic mass is 10.3. The first-order valence-corrected chi connectivity index (χ1v) is 4.44. The summed E-state index contributed by atoms with van der Waals surface area (Å²) >= 11 is 0. The third-order valence-electron chi connectivity index (χ3n) is 1.74. The van der Waals surface area contributed by atoms with Gasteiger partial charge in [0.2, 0.25) is 6.54 Å². The number of furan rings is 1. The molecule has 1 aromatic rings. The van der Waals surface area contributed by atoms with Crippen molar-refractivity contribution in [1.29, 1.82) is 0 Å². The maximum Gasteiger partial charge on any atom is 0.236 e. The second-order valence-corrected chi connectivity index (χ2v) is 2.84. The summed E-state index contributed by atoms with van der Waals surface area (Å²) in [7, 11) is 0. The van der Waals surface area contributed by atoms with Crippen LogP contribution in [0.2, 0.25) is 0 Å². The highest BCUT2D eigenvalue weighted by atomic mass is 16.6. The van der Waals surface area contributed by atoms with E-state index in [1.54, 1.807) is 12.1 Å². The third-order valence-corrected chi connectivity index (χ3v) is 1.74. The number of nitrogens with zero attached hydrogens (tertiary/aromatic N) is 1. The quantitative estimate of drug-likeness (QED) is 0.309. The largest absolute Gasteiger partial charge is 0.466 e. The van der Waals surface area contributed by atoms with Crippen LogP contribution in [0, 0.1) is 22.5 Å². The zero-order valence-electron chi connectivity index (χ0n) is 8.09. The highest BCUT2D eigenvalue weighted by Crippen LogP contribution is 2.18. The predicted octanol–water partition coefficient (Wildman–Crippen LogP) is 1.64. The van der Waals surface area contributed by atoms with Crippen molar-refractivity contribution in [3.63, 3.8) is 0 Å². The zero-order valence-corrected chi connectivity index (χ0v) is 8.09. The molecular weight excluding hydrogens is 198 g/mol. The molecule has 1 heterocycles. The van der Waals surface area contributed by atoms with Gasteiger partial charge in [-0.1, -0.05) is 0 Å². The van der Waals surface area contributed by atoms with Crippen molar-refractivity contribution < 1.29 is 14.1 Å². The van der Waals surface area contributed by atoms with Gasteiger partial charge in [0.1, 0.15) is 5.76 Å². The van der Waals surface area contributed by atoms with E-state index in [1.807, 2.05) is 0 Å². The van der Waals surface area contributed by atoms with Crippen LogP contribution in [0.25, 0.3) is 0 Å². The Morgan fingerprint density at radius 3 is 3.07 bits per heavy atom. The molecule has 0 saturated heterocycles. The molecule has 0 spiro atoms. The number of hydrogen-bond donors (Lipinski definition) is 0. The molecule has 0 fully saturated rings. The van der Waals surface area contributed by atoms with E-state index in [4.69, 9.17) is 15.6 Å². The molecule has 0 saturated carbocycles. The van der Waals surface area contributed by atoms with E-state index in [1.165, 1.54) is 6.26 Å². The van der Waals surface area contributed by atoms with E-state index in [0.717, 1.165) is 0 Å². The van der Waals surface area contributed by atoms with E-state index in [0.29, 0.717) is 12.2 Å². The molecule has 5 nitrogen and oxygen atoms in total. The fraction of sp³-hybridized carbons (Fsp3) is 0.400. The molecule has 0 amide bonds. The van der Waals surface area contributed by atoms with Crippen LogP contribution in [0.15, 0.2) is 22.8 Å². The Kier molecular flexibility index (Phi) is 4.38. The number of rotatable bonds is 6. The van der Waals surface area contributed by atoms with E-state index < -0.39 is 11.0 Å². The maximum absolute atomic E-state index is 10.4. The van der Waals surface area contributed by atoms with E-state index >= 15 is 0 Å². The molecule has 0 aliphatic carbocycles. The number of nitro groups is 1. The molecule has 0 N–H and O–H groups in total. The lowest BCUT2D eigenvalue weighted by molar-refractivity contribution is -0.493. The van der Waals surface area contributed by atoms with Crippen molar-refractivity contribution in [2.75, 3.05) is 13.2 Å². The molecular formula is C10H11NO4. The van der Waals surface area contributed by atoms with Crippen LogP contribution in [0.5, 0.6) is 0 Å². The first-order chi connectivity index (χ1) is 7.24. The van der Waals surface area contributed by atoms with Gasteiger partial charge in [0.05, 0.1) is 12.9 Å². The molecule has 1 rings (SSSR count). The van der Waals surface area contributed by atoms with E-state index in [2.05, 4.69) is 5.92 Å². The van der Waals surface area contributed by atoms with Gasteiger partial charge in [0.15, 0.2) is 6.10 Å². The van der Waals surface area contributed by atoms with Gasteiger partial charge >= 0.3 is 0 Å². The SMILES string of the molecule is C#CCCOC(C[N+](=O)[O-])c1ccco1. The second-order valence-electron chi connectivity index (χ2n) is 2.84. The first-order valence-electron chi connectivity index (χ1n) is 4.44. The monoisotopic (exact) mass is 209 g/mol. The standard InChI is InChI=1S/C10H11NO4/c1-2-3-6-15-10(8-11(12)13)9-5-4-7-14-9/h1,4-5,7,10H,3,6,8H2. The molecule has 0 aliphatic rings. The maximum atomic E-state index is 10.4. The lowest BCUT2D eigenvalue weighted by Gasteiger charge is -2.10. The van der Waals surface area contributed by atoms with Crippen LogP contribution in [-0.4, -0.2) is 18.1 Å². The molecule has 1 aromatic heterocycles. The predicted molar refractivity (Wildman–Crippen MR) is 52.7 cm³/mol. The lowest BCUT2D eigenvalue weighted by Crippen LogP contribution is -2.15. The van der Waals surface area contributed by atoms with Gasteiger partial charge in [-0.15, -0.1) is 12.3 Å². The van der Waals surface area contributed by atoms with Gasteiger partial charge in [-0.05, 0) is 12.1 Å². The summed E-state index contributed by atoms with van der Waals surface area (Å²) in [4.78, 5) is 9.94. The first kappa shape index (κ1) is 11.3. The summed E-state index contributed by atoms with van der Waals surface area (Å²) in [6, 6.07) is 3.30. The molecule has 15 heavy (non-hydrogen) atoms. The molecule has 0 radical (unpaired) electrons. The Morgan fingerprint density at radius 1 is 1.73 bits per heavy atom. The van der Waals surface area contributed by atoms with Crippen LogP contribution < -0.4 is 0 Å². The van der Waals surface area contributed by atoms with E-state index in [-0.39, 0.29) is 13.2 Å². The molecule has 1 unspecified atom stereocenters. The Bertz CT molecular complexity index is 339. The minimum Gasteiger partial charge on any atom is -0.466 e. The molecule has 5 heteroatoms. The molecule has 80 valence electrons. The van der Waals surface area contributed by atoms with Crippen molar-refractivity contribution in [2.45, 2.75) is 12.5 Å². The Hall–Kier alpha value is -1.80.